The number of hydrogen-bond donors (Lipinski definition) is 2. The van der Waals surface area contributed by atoms with E-state index in [0.717, 1.165) is 5.56 Å². The molecule has 1 aromatic carbocycles. The van der Waals surface area contributed by atoms with Crippen LogP contribution in [0.15, 0.2) is 30.3 Å². The van der Waals surface area contributed by atoms with Gasteiger partial charge in [0.25, 0.3) is 0 Å². The molecule has 0 aliphatic rings. The van der Waals surface area contributed by atoms with Crippen LogP contribution in [0, 0.1) is 0 Å². The van der Waals surface area contributed by atoms with Crippen LogP contribution in [-0.2, 0) is 20.7 Å². The van der Waals surface area contributed by atoms with Gasteiger partial charge in [-0.25, -0.2) is 4.79 Å². The van der Waals surface area contributed by atoms with E-state index in [1.807, 2.05) is 30.3 Å². The number of carbonyl (C=O) groups is 2. The molecule has 0 aromatic heterocycles. The van der Waals surface area contributed by atoms with Crippen molar-refractivity contribution in [2.24, 2.45) is 5.73 Å². The summed E-state index contributed by atoms with van der Waals surface area (Å²) < 4.78 is 4.52. The molecule has 0 spiro atoms. The number of methoxy groups -OCH3 is 1. The molecule has 5 heteroatoms. The van der Waals surface area contributed by atoms with E-state index in [9.17, 15) is 9.59 Å². The third-order valence-electron chi connectivity index (χ3n) is 2.55. The molecule has 1 amide bonds. The molecule has 1 rings (SSSR count). The van der Waals surface area contributed by atoms with Crippen LogP contribution in [0.5, 0.6) is 0 Å². The topological polar surface area (TPSA) is 81.4 Å². The first-order chi connectivity index (χ1) is 8.54. The van der Waals surface area contributed by atoms with Crippen molar-refractivity contribution in [3.63, 3.8) is 0 Å². The van der Waals surface area contributed by atoms with E-state index in [1.54, 1.807) is 6.92 Å². The third-order valence-corrected chi connectivity index (χ3v) is 2.55. The van der Waals surface area contributed by atoms with Gasteiger partial charge in [-0.2, -0.15) is 0 Å². The average Bonchev–Trinajstić information content (AvgIpc) is 2.38. The van der Waals surface area contributed by atoms with Gasteiger partial charge in [0, 0.05) is 0 Å². The molecule has 5 nitrogen and oxygen atoms in total. The SMILES string of the molecule is COC(=O)[C@@H](C)NC(=O)[C@@H](N)Cc1ccccc1. The molecule has 3 N–H and O–H groups in total. The maximum absolute atomic E-state index is 11.7. The summed E-state index contributed by atoms with van der Waals surface area (Å²) in [4.78, 5) is 22.9. The van der Waals surface area contributed by atoms with Gasteiger partial charge in [0.15, 0.2) is 0 Å². The largest absolute Gasteiger partial charge is 0.467 e. The molecule has 1 aromatic rings. The lowest BCUT2D eigenvalue weighted by Gasteiger charge is -2.15. The van der Waals surface area contributed by atoms with Crippen LogP contribution in [-0.4, -0.2) is 31.1 Å². The Labute approximate surface area is 106 Å². The molecular weight excluding hydrogens is 232 g/mol. The molecule has 0 aliphatic heterocycles. The van der Waals surface area contributed by atoms with Gasteiger partial charge in [-0.15, -0.1) is 0 Å². The Morgan fingerprint density at radius 1 is 1.33 bits per heavy atom. The lowest BCUT2D eigenvalue weighted by Crippen LogP contribution is -2.48. The zero-order valence-corrected chi connectivity index (χ0v) is 10.6. The number of esters is 1. The fourth-order valence-corrected chi connectivity index (χ4v) is 1.52. The summed E-state index contributed by atoms with van der Waals surface area (Å²) in [6, 6.07) is 8.10. The standard InChI is InChI=1S/C13H18N2O3/c1-9(13(17)18-2)15-12(16)11(14)8-10-6-4-3-5-7-10/h3-7,9,11H,8,14H2,1-2H3,(H,15,16)/t9-,11+/m1/s1. The van der Waals surface area contributed by atoms with Crippen LogP contribution >= 0.6 is 0 Å². The van der Waals surface area contributed by atoms with Crippen molar-refractivity contribution >= 4 is 11.9 Å². The molecular formula is C13H18N2O3. The van der Waals surface area contributed by atoms with Crippen LogP contribution in [0.25, 0.3) is 0 Å². The number of hydrogen-bond acceptors (Lipinski definition) is 4. The molecule has 0 unspecified atom stereocenters. The van der Waals surface area contributed by atoms with E-state index in [0.29, 0.717) is 6.42 Å². The molecule has 0 aliphatic carbocycles. The Kier molecular flexibility index (Phi) is 5.32. The number of amides is 1. The van der Waals surface area contributed by atoms with E-state index in [4.69, 9.17) is 5.73 Å². The zero-order chi connectivity index (χ0) is 13.5. The Morgan fingerprint density at radius 2 is 1.94 bits per heavy atom. The molecule has 0 saturated heterocycles. The van der Waals surface area contributed by atoms with Crippen molar-refractivity contribution in [3.05, 3.63) is 35.9 Å². The van der Waals surface area contributed by atoms with Crippen molar-refractivity contribution < 1.29 is 14.3 Å². The molecule has 0 bridgehead atoms. The highest BCUT2D eigenvalue weighted by molar-refractivity contribution is 5.87. The number of carbonyl (C=O) groups excluding carboxylic acids is 2. The van der Waals surface area contributed by atoms with Crippen molar-refractivity contribution in [2.75, 3.05) is 7.11 Å². The fraction of sp³-hybridized carbons (Fsp3) is 0.385. The monoisotopic (exact) mass is 250 g/mol. The van der Waals surface area contributed by atoms with Gasteiger partial charge in [-0.05, 0) is 18.9 Å². The van der Waals surface area contributed by atoms with E-state index >= 15 is 0 Å². The van der Waals surface area contributed by atoms with Gasteiger partial charge in [0.2, 0.25) is 5.91 Å². The number of rotatable bonds is 5. The number of ether oxygens (including phenoxy) is 1. The summed E-state index contributed by atoms with van der Waals surface area (Å²) >= 11 is 0. The summed E-state index contributed by atoms with van der Waals surface area (Å²) in [7, 11) is 1.27. The lowest BCUT2D eigenvalue weighted by molar-refractivity contribution is -0.144. The van der Waals surface area contributed by atoms with Gasteiger partial charge in [0.1, 0.15) is 6.04 Å². The van der Waals surface area contributed by atoms with E-state index in [-0.39, 0.29) is 5.91 Å². The van der Waals surface area contributed by atoms with Crippen LogP contribution < -0.4 is 11.1 Å². The van der Waals surface area contributed by atoms with Crippen LogP contribution in [0.3, 0.4) is 0 Å². The highest BCUT2D eigenvalue weighted by atomic mass is 16.5. The van der Waals surface area contributed by atoms with Gasteiger partial charge >= 0.3 is 5.97 Å². The first-order valence-electron chi connectivity index (χ1n) is 5.72. The minimum Gasteiger partial charge on any atom is -0.467 e. The summed E-state index contributed by atoms with van der Waals surface area (Å²) in [5.41, 5.74) is 6.75. The maximum Gasteiger partial charge on any atom is 0.328 e. The Balaban J connectivity index is 2.49. The van der Waals surface area contributed by atoms with Gasteiger partial charge in [-0.1, -0.05) is 30.3 Å². The second-order valence-corrected chi connectivity index (χ2v) is 4.05. The quantitative estimate of drug-likeness (QED) is 0.733. The van der Waals surface area contributed by atoms with Gasteiger partial charge < -0.3 is 15.8 Å². The van der Waals surface area contributed by atoms with Crippen molar-refractivity contribution in [3.8, 4) is 0 Å². The summed E-state index contributed by atoms with van der Waals surface area (Å²) in [6.45, 7) is 1.55. The molecule has 2 atom stereocenters. The lowest BCUT2D eigenvalue weighted by atomic mass is 10.1. The van der Waals surface area contributed by atoms with E-state index in [1.165, 1.54) is 7.11 Å². The second kappa shape index (κ2) is 6.76. The first kappa shape index (κ1) is 14.2. The molecule has 0 fully saturated rings. The highest BCUT2D eigenvalue weighted by Gasteiger charge is 2.20. The van der Waals surface area contributed by atoms with Gasteiger partial charge in [-0.3, -0.25) is 4.79 Å². The maximum atomic E-state index is 11.7. The van der Waals surface area contributed by atoms with Crippen LogP contribution in [0.4, 0.5) is 0 Å². The average molecular weight is 250 g/mol. The number of nitrogens with two attached hydrogens (primary N) is 1. The molecule has 18 heavy (non-hydrogen) atoms. The molecule has 98 valence electrons. The highest BCUT2D eigenvalue weighted by Crippen LogP contribution is 2.02. The van der Waals surface area contributed by atoms with E-state index in [2.05, 4.69) is 10.1 Å². The smallest absolute Gasteiger partial charge is 0.328 e. The fourth-order valence-electron chi connectivity index (χ4n) is 1.52. The van der Waals surface area contributed by atoms with Crippen molar-refractivity contribution in [1.29, 1.82) is 0 Å². The summed E-state index contributed by atoms with van der Waals surface area (Å²) in [5, 5.41) is 2.51. The minimum atomic E-state index is -0.690. The van der Waals surface area contributed by atoms with Crippen LogP contribution in [0.1, 0.15) is 12.5 Å². The predicted octanol–water partition coefficient (Wildman–Crippen LogP) is 0.234. The zero-order valence-electron chi connectivity index (χ0n) is 10.6. The predicted molar refractivity (Wildman–Crippen MR) is 67.7 cm³/mol. The third kappa shape index (κ3) is 4.18. The summed E-state index contributed by atoms with van der Waals surface area (Å²) in [5.74, 6) is -0.855. The van der Waals surface area contributed by atoms with E-state index < -0.39 is 18.1 Å². The normalized spacial score (nSPS) is 13.5. The molecule has 0 heterocycles. The van der Waals surface area contributed by atoms with Crippen molar-refractivity contribution in [2.45, 2.75) is 25.4 Å². The molecule has 0 radical (unpaired) electrons. The Hall–Kier alpha value is -1.88. The van der Waals surface area contributed by atoms with Gasteiger partial charge in [0.05, 0.1) is 13.2 Å². The Bertz CT molecular complexity index is 406. The second-order valence-electron chi connectivity index (χ2n) is 4.05. The molecule has 0 saturated carbocycles. The minimum absolute atomic E-state index is 0.364. The number of benzene rings is 1. The van der Waals surface area contributed by atoms with Crippen LogP contribution in [0.2, 0.25) is 0 Å². The first-order valence-corrected chi connectivity index (χ1v) is 5.72. The number of nitrogens with one attached hydrogen (secondary N) is 1. The van der Waals surface area contributed by atoms with Crippen molar-refractivity contribution in [1.82, 2.24) is 5.32 Å². The summed E-state index contributed by atoms with van der Waals surface area (Å²) in [6.07, 6.45) is 0.431. The Morgan fingerprint density at radius 3 is 2.50 bits per heavy atom.